The van der Waals surface area contributed by atoms with Crippen LogP contribution in [0.1, 0.15) is 32.3 Å². The standard InChI is InChI=1S/C16H25ClN2/c1-3-19-10-4-5-16(19)12-18-13(2)11-14-6-8-15(17)9-7-14/h6-9,13,16,18H,3-5,10-12H2,1-2H3. The zero-order chi connectivity index (χ0) is 13.7. The maximum Gasteiger partial charge on any atom is 0.0406 e. The van der Waals surface area contributed by atoms with Crippen molar-refractivity contribution in [1.82, 2.24) is 10.2 Å². The van der Waals surface area contributed by atoms with Gasteiger partial charge >= 0.3 is 0 Å². The van der Waals surface area contributed by atoms with Crippen LogP contribution in [0.25, 0.3) is 0 Å². The second-order valence-electron chi connectivity index (χ2n) is 5.56. The molecule has 1 aromatic rings. The minimum atomic E-state index is 0.514. The van der Waals surface area contributed by atoms with Crippen LogP contribution < -0.4 is 5.32 Å². The third-order valence-electron chi connectivity index (χ3n) is 4.06. The average Bonchev–Trinajstić information content (AvgIpc) is 2.86. The van der Waals surface area contributed by atoms with Crippen molar-refractivity contribution in [2.45, 2.75) is 45.2 Å². The van der Waals surface area contributed by atoms with Crippen molar-refractivity contribution in [3.63, 3.8) is 0 Å². The number of halogens is 1. The van der Waals surface area contributed by atoms with Gasteiger partial charge in [0.2, 0.25) is 0 Å². The molecule has 1 aliphatic rings. The molecule has 1 saturated heterocycles. The highest BCUT2D eigenvalue weighted by Gasteiger charge is 2.22. The Morgan fingerprint density at radius 2 is 2.11 bits per heavy atom. The molecule has 2 nitrogen and oxygen atoms in total. The van der Waals surface area contributed by atoms with Crippen LogP contribution in [0.15, 0.2) is 24.3 Å². The summed E-state index contributed by atoms with van der Waals surface area (Å²) in [7, 11) is 0. The smallest absolute Gasteiger partial charge is 0.0406 e. The molecular weight excluding hydrogens is 256 g/mol. The quantitative estimate of drug-likeness (QED) is 0.860. The molecule has 1 fully saturated rings. The van der Waals surface area contributed by atoms with Gasteiger partial charge in [0.05, 0.1) is 0 Å². The van der Waals surface area contributed by atoms with Gasteiger partial charge < -0.3 is 5.32 Å². The van der Waals surface area contributed by atoms with Crippen molar-refractivity contribution in [3.05, 3.63) is 34.9 Å². The van der Waals surface area contributed by atoms with E-state index in [9.17, 15) is 0 Å². The molecule has 0 radical (unpaired) electrons. The van der Waals surface area contributed by atoms with Crippen molar-refractivity contribution >= 4 is 11.6 Å². The van der Waals surface area contributed by atoms with E-state index in [0.717, 1.165) is 24.0 Å². The second kappa shape index (κ2) is 7.28. The SMILES string of the molecule is CCN1CCCC1CNC(C)Cc1ccc(Cl)cc1. The first-order valence-corrected chi connectivity index (χ1v) is 7.78. The van der Waals surface area contributed by atoms with E-state index < -0.39 is 0 Å². The van der Waals surface area contributed by atoms with E-state index >= 15 is 0 Å². The van der Waals surface area contributed by atoms with Gasteiger partial charge in [-0.2, -0.15) is 0 Å². The lowest BCUT2D eigenvalue weighted by Crippen LogP contribution is -2.41. The maximum absolute atomic E-state index is 5.91. The molecule has 0 amide bonds. The largest absolute Gasteiger partial charge is 0.312 e. The van der Waals surface area contributed by atoms with Crippen LogP contribution in [-0.4, -0.2) is 36.6 Å². The van der Waals surface area contributed by atoms with Crippen molar-refractivity contribution in [2.24, 2.45) is 0 Å². The Labute approximate surface area is 122 Å². The number of likely N-dealkylation sites (tertiary alicyclic amines) is 1. The Hall–Kier alpha value is -0.570. The molecule has 3 heteroatoms. The first-order valence-electron chi connectivity index (χ1n) is 7.41. The van der Waals surface area contributed by atoms with E-state index in [4.69, 9.17) is 11.6 Å². The summed E-state index contributed by atoms with van der Waals surface area (Å²) in [5.41, 5.74) is 1.35. The number of rotatable bonds is 6. The molecule has 0 bridgehead atoms. The number of likely N-dealkylation sites (N-methyl/N-ethyl adjacent to an activating group) is 1. The highest BCUT2D eigenvalue weighted by molar-refractivity contribution is 6.30. The summed E-state index contributed by atoms with van der Waals surface area (Å²) >= 11 is 5.91. The summed E-state index contributed by atoms with van der Waals surface area (Å²) in [4.78, 5) is 2.59. The van der Waals surface area contributed by atoms with Crippen LogP contribution in [0.5, 0.6) is 0 Å². The molecule has 1 aromatic carbocycles. The number of hydrogen-bond donors (Lipinski definition) is 1. The zero-order valence-electron chi connectivity index (χ0n) is 12.0. The Bertz CT molecular complexity index is 377. The molecule has 1 aliphatic heterocycles. The predicted octanol–water partition coefficient (Wildman–Crippen LogP) is 3.34. The van der Waals surface area contributed by atoms with Crippen molar-refractivity contribution in [2.75, 3.05) is 19.6 Å². The summed E-state index contributed by atoms with van der Waals surface area (Å²) in [5.74, 6) is 0. The second-order valence-corrected chi connectivity index (χ2v) is 6.00. The van der Waals surface area contributed by atoms with Crippen molar-refractivity contribution in [3.8, 4) is 0 Å². The van der Waals surface area contributed by atoms with E-state index in [1.54, 1.807) is 0 Å². The fraction of sp³-hybridized carbons (Fsp3) is 0.625. The molecule has 106 valence electrons. The van der Waals surface area contributed by atoms with Crippen LogP contribution >= 0.6 is 11.6 Å². The van der Waals surface area contributed by atoms with Gasteiger partial charge in [-0.05, 0) is 57.0 Å². The third-order valence-corrected chi connectivity index (χ3v) is 4.31. The van der Waals surface area contributed by atoms with Gasteiger partial charge in [0.25, 0.3) is 0 Å². The van der Waals surface area contributed by atoms with Crippen LogP contribution in [-0.2, 0) is 6.42 Å². The molecule has 1 N–H and O–H groups in total. The van der Waals surface area contributed by atoms with Gasteiger partial charge in [0, 0.05) is 23.7 Å². The lowest BCUT2D eigenvalue weighted by Gasteiger charge is -2.25. The van der Waals surface area contributed by atoms with E-state index in [-0.39, 0.29) is 0 Å². The Morgan fingerprint density at radius 3 is 2.79 bits per heavy atom. The molecule has 0 saturated carbocycles. The fourth-order valence-corrected chi connectivity index (χ4v) is 3.05. The lowest BCUT2D eigenvalue weighted by molar-refractivity contribution is 0.255. The Balaban J connectivity index is 1.75. The minimum Gasteiger partial charge on any atom is -0.312 e. The summed E-state index contributed by atoms with van der Waals surface area (Å²) in [6.07, 6.45) is 3.76. The van der Waals surface area contributed by atoms with Crippen LogP contribution in [0, 0.1) is 0 Å². The zero-order valence-corrected chi connectivity index (χ0v) is 12.8. The van der Waals surface area contributed by atoms with Gasteiger partial charge in [-0.15, -0.1) is 0 Å². The summed E-state index contributed by atoms with van der Waals surface area (Å²) in [6.45, 7) is 8.09. The molecule has 2 unspecified atom stereocenters. The van der Waals surface area contributed by atoms with Crippen LogP contribution in [0.4, 0.5) is 0 Å². The molecule has 19 heavy (non-hydrogen) atoms. The Morgan fingerprint density at radius 1 is 1.37 bits per heavy atom. The molecule has 1 heterocycles. The van der Waals surface area contributed by atoms with Crippen LogP contribution in [0.3, 0.4) is 0 Å². The fourth-order valence-electron chi connectivity index (χ4n) is 2.93. The first-order chi connectivity index (χ1) is 9.19. The number of nitrogens with one attached hydrogen (secondary N) is 1. The molecule has 0 aliphatic carbocycles. The highest BCUT2D eigenvalue weighted by atomic mass is 35.5. The van der Waals surface area contributed by atoms with Gasteiger partial charge in [-0.3, -0.25) is 4.90 Å². The predicted molar refractivity (Wildman–Crippen MR) is 82.9 cm³/mol. The summed E-state index contributed by atoms with van der Waals surface area (Å²) in [6, 6.07) is 9.43. The van der Waals surface area contributed by atoms with Crippen LogP contribution in [0.2, 0.25) is 5.02 Å². The number of benzene rings is 1. The molecular formula is C16H25ClN2. The van der Waals surface area contributed by atoms with Crippen molar-refractivity contribution < 1.29 is 0 Å². The van der Waals surface area contributed by atoms with Gasteiger partial charge in [0.15, 0.2) is 0 Å². The minimum absolute atomic E-state index is 0.514. The van der Waals surface area contributed by atoms with E-state index in [2.05, 4.69) is 36.2 Å². The van der Waals surface area contributed by atoms with Gasteiger partial charge in [-0.25, -0.2) is 0 Å². The van der Waals surface area contributed by atoms with Gasteiger partial charge in [0.1, 0.15) is 0 Å². The average molecular weight is 281 g/mol. The monoisotopic (exact) mass is 280 g/mol. The maximum atomic E-state index is 5.91. The molecule has 0 aromatic heterocycles. The molecule has 2 rings (SSSR count). The Kier molecular flexibility index (Phi) is 5.68. The van der Waals surface area contributed by atoms with Gasteiger partial charge in [-0.1, -0.05) is 30.7 Å². The normalized spacial score (nSPS) is 21.7. The summed E-state index contributed by atoms with van der Waals surface area (Å²) < 4.78 is 0. The van der Waals surface area contributed by atoms with Crippen molar-refractivity contribution in [1.29, 1.82) is 0 Å². The van der Waals surface area contributed by atoms with E-state index in [1.165, 1.54) is 31.5 Å². The third kappa shape index (κ3) is 4.48. The topological polar surface area (TPSA) is 15.3 Å². The first kappa shape index (κ1) is 14.8. The lowest BCUT2D eigenvalue weighted by atomic mass is 10.1. The highest BCUT2D eigenvalue weighted by Crippen LogP contribution is 2.16. The molecule has 0 spiro atoms. The van der Waals surface area contributed by atoms with E-state index in [0.29, 0.717) is 6.04 Å². The summed E-state index contributed by atoms with van der Waals surface area (Å²) in [5, 5.41) is 4.49. The number of nitrogens with zero attached hydrogens (tertiary/aromatic N) is 1. The van der Waals surface area contributed by atoms with E-state index in [1.807, 2.05) is 12.1 Å². The molecule has 2 atom stereocenters. The number of hydrogen-bond acceptors (Lipinski definition) is 2.